The van der Waals surface area contributed by atoms with Gasteiger partial charge in [-0.15, -0.1) is 0 Å². The highest BCUT2D eigenvalue weighted by molar-refractivity contribution is 5.90. The summed E-state index contributed by atoms with van der Waals surface area (Å²) in [6.07, 6.45) is 5.24. The van der Waals surface area contributed by atoms with Gasteiger partial charge < -0.3 is 5.32 Å². The van der Waals surface area contributed by atoms with E-state index in [-0.39, 0.29) is 5.54 Å². The Morgan fingerprint density at radius 2 is 2.25 bits per heavy atom. The predicted octanol–water partition coefficient (Wildman–Crippen LogP) is 1.75. The van der Waals surface area contributed by atoms with Gasteiger partial charge in [-0.25, -0.2) is 0 Å². The topological polar surface area (TPSA) is 24.4 Å². The van der Waals surface area contributed by atoms with Crippen molar-refractivity contribution in [1.29, 1.82) is 0 Å². The molecule has 2 heteroatoms. The molecule has 1 N–H and O–H groups in total. The molecule has 0 aromatic rings. The second kappa shape index (κ2) is 2.84. The summed E-state index contributed by atoms with van der Waals surface area (Å²) in [6.45, 7) is 5.43. The maximum absolute atomic E-state index is 4.66. The van der Waals surface area contributed by atoms with E-state index in [4.69, 9.17) is 0 Å². The normalized spacial score (nSPS) is 33.8. The van der Waals surface area contributed by atoms with Gasteiger partial charge in [-0.2, -0.15) is 0 Å². The van der Waals surface area contributed by atoms with Crippen molar-refractivity contribution in [2.45, 2.75) is 51.1 Å². The third-order valence-corrected chi connectivity index (χ3v) is 2.82. The summed E-state index contributed by atoms with van der Waals surface area (Å²) in [7, 11) is 0. The molecule has 0 radical (unpaired) electrons. The summed E-state index contributed by atoms with van der Waals surface area (Å²) >= 11 is 0. The van der Waals surface area contributed by atoms with Gasteiger partial charge in [0.15, 0.2) is 0 Å². The molecule has 0 amide bonds. The minimum Gasteiger partial charge on any atom is -0.302 e. The van der Waals surface area contributed by atoms with Crippen LogP contribution in [0.5, 0.6) is 0 Å². The zero-order chi connectivity index (χ0) is 8.60. The molecule has 1 saturated carbocycles. The molecule has 0 aromatic carbocycles. The van der Waals surface area contributed by atoms with Gasteiger partial charge in [0.05, 0.1) is 6.54 Å². The van der Waals surface area contributed by atoms with Crippen LogP contribution in [0, 0.1) is 0 Å². The molecule has 1 aliphatic heterocycles. The Hall–Kier alpha value is -0.370. The number of nitrogens with one attached hydrogen (secondary N) is 1. The number of nitrogens with zero attached hydrogens (tertiary/aromatic N) is 1. The van der Waals surface area contributed by atoms with Crippen LogP contribution >= 0.6 is 0 Å². The summed E-state index contributed by atoms with van der Waals surface area (Å²) < 4.78 is 0. The first-order valence-electron chi connectivity index (χ1n) is 4.98. The Bertz CT molecular complexity index is 206. The van der Waals surface area contributed by atoms with Crippen LogP contribution in [0.1, 0.15) is 39.5 Å². The van der Waals surface area contributed by atoms with Crippen molar-refractivity contribution >= 4 is 5.71 Å². The van der Waals surface area contributed by atoms with E-state index in [2.05, 4.69) is 24.2 Å². The first-order chi connectivity index (χ1) is 5.67. The number of hydrogen-bond acceptors (Lipinski definition) is 2. The molecular formula is C10H18N2. The van der Waals surface area contributed by atoms with Gasteiger partial charge in [0.2, 0.25) is 0 Å². The van der Waals surface area contributed by atoms with Crippen LogP contribution in [0.3, 0.4) is 0 Å². The Balaban J connectivity index is 2.13. The van der Waals surface area contributed by atoms with Crippen molar-refractivity contribution in [1.82, 2.24) is 5.32 Å². The average Bonchev–Trinajstić information content (AvgIpc) is 2.02. The molecule has 0 unspecified atom stereocenters. The molecule has 1 fully saturated rings. The van der Waals surface area contributed by atoms with Crippen molar-refractivity contribution in [3.63, 3.8) is 0 Å². The van der Waals surface area contributed by atoms with E-state index in [9.17, 15) is 0 Å². The maximum atomic E-state index is 4.66. The van der Waals surface area contributed by atoms with Gasteiger partial charge in [-0.3, -0.25) is 4.99 Å². The second-order valence-corrected chi connectivity index (χ2v) is 4.63. The Kier molecular flexibility index (Phi) is 1.95. The Morgan fingerprint density at radius 1 is 1.42 bits per heavy atom. The molecule has 12 heavy (non-hydrogen) atoms. The SMILES string of the molecule is CC1(C)CN=C2CCCC[C@H]2N1. The van der Waals surface area contributed by atoms with E-state index < -0.39 is 0 Å². The van der Waals surface area contributed by atoms with Crippen molar-refractivity contribution < 1.29 is 0 Å². The Morgan fingerprint density at radius 3 is 3.08 bits per heavy atom. The van der Waals surface area contributed by atoms with Gasteiger partial charge in [0.25, 0.3) is 0 Å². The average molecular weight is 166 g/mol. The first kappa shape index (κ1) is 8.24. The van der Waals surface area contributed by atoms with E-state index in [1.807, 2.05) is 0 Å². The van der Waals surface area contributed by atoms with Crippen LogP contribution in [0.15, 0.2) is 4.99 Å². The van der Waals surface area contributed by atoms with Crippen LogP contribution < -0.4 is 5.32 Å². The van der Waals surface area contributed by atoms with Crippen LogP contribution in [0.4, 0.5) is 0 Å². The molecule has 0 bridgehead atoms. The van der Waals surface area contributed by atoms with E-state index >= 15 is 0 Å². The fraction of sp³-hybridized carbons (Fsp3) is 0.900. The first-order valence-corrected chi connectivity index (χ1v) is 4.98. The molecular weight excluding hydrogens is 148 g/mol. The molecule has 0 aromatic heterocycles. The van der Waals surface area contributed by atoms with Gasteiger partial charge in [-0.1, -0.05) is 6.42 Å². The fourth-order valence-corrected chi connectivity index (χ4v) is 2.16. The van der Waals surface area contributed by atoms with Crippen molar-refractivity contribution in [2.75, 3.05) is 6.54 Å². The third-order valence-electron chi connectivity index (χ3n) is 2.82. The van der Waals surface area contributed by atoms with Crippen LogP contribution in [-0.4, -0.2) is 23.8 Å². The van der Waals surface area contributed by atoms with Gasteiger partial charge in [0.1, 0.15) is 0 Å². The highest BCUT2D eigenvalue weighted by atomic mass is 15.1. The summed E-state index contributed by atoms with van der Waals surface area (Å²) in [5.74, 6) is 0. The van der Waals surface area contributed by atoms with Gasteiger partial charge >= 0.3 is 0 Å². The van der Waals surface area contributed by atoms with E-state index in [0.29, 0.717) is 6.04 Å². The van der Waals surface area contributed by atoms with Crippen LogP contribution in [0.2, 0.25) is 0 Å². The van der Waals surface area contributed by atoms with E-state index in [1.165, 1.54) is 31.4 Å². The van der Waals surface area contributed by atoms with Crippen molar-refractivity contribution in [3.05, 3.63) is 0 Å². The lowest BCUT2D eigenvalue weighted by Crippen LogP contribution is -2.55. The zero-order valence-corrected chi connectivity index (χ0v) is 8.06. The second-order valence-electron chi connectivity index (χ2n) is 4.63. The number of fused-ring (bicyclic) bond motifs is 1. The molecule has 1 aliphatic carbocycles. The molecule has 0 saturated heterocycles. The van der Waals surface area contributed by atoms with Crippen LogP contribution in [0.25, 0.3) is 0 Å². The van der Waals surface area contributed by atoms with Crippen LogP contribution in [-0.2, 0) is 0 Å². The quantitative estimate of drug-likeness (QED) is 0.582. The number of rotatable bonds is 0. The molecule has 1 atom stereocenters. The molecule has 0 spiro atoms. The van der Waals surface area contributed by atoms with Gasteiger partial charge in [0, 0.05) is 17.3 Å². The summed E-state index contributed by atoms with van der Waals surface area (Å²) in [5.41, 5.74) is 1.66. The fourth-order valence-electron chi connectivity index (χ4n) is 2.16. The minimum absolute atomic E-state index is 0.228. The smallest absolute Gasteiger partial charge is 0.0566 e. The van der Waals surface area contributed by atoms with Crippen molar-refractivity contribution in [3.8, 4) is 0 Å². The largest absolute Gasteiger partial charge is 0.302 e. The highest BCUT2D eigenvalue weighted by Crippen LogP contribution is 2.22. The minimum atomic E-state index is 0.228. The van der Waals surface area contributed by atoms with Crippen molar-refractivity contribution in [2.24, 2.45) is 4.99 Å². The lowest BCUT2D eigenvalue weighted by molar-refractivity contribution is 0.336. The van der Waals surface area contributed by atoms with Gasteiger partial charge in [-0.05, 0) is 33.1 Å². The summed E-state index contributed by atoms with van der Waals surface area (Å²) in [5, 5.41) is 3.66. The lowest BCUT2D eigenvalue weighted by atomic mass is 9.88. The Labute approximate surface area is 74.5 Å². The summed E-state index contributed by atoms with van der Waals surface area (Å²) in [6, 6.07) is 0.600. The van der Waals surface area contributed by atoms with E-state index in [1.54, 1.807) is 0 Å². The number of hydrogen-bond donors (Lipinski definition) is 1. The zero-order valence-electron chi connectivity index (χ0n) is 8.06. The standard InChI is InChI=1S/C10H18N2/c1-10(2)7-11-8-5-3-4-6-9(8)12-10/h9,12H,3-7H2,1-2H3/t9-/m1/s1. The summed E-state index contributed by atoms with van der Waals surface area (Å²) in [4.78, 5) is 4.66. The monoisotopic (exact) mass is 166 g/mol. The highest BCUT2D eigenvalue weighted by Gasteiger charge is 2.30. The molecule has 68 valence electrons. The molecule has 2 rings (SSSR count). The molecule has 1 heterocycles. The van der Waals surface area contributed by atoms with E-state index in [0.717, 1.165) is 6.54 Å². The third kappa shape index (κ3) is 1.53. The molecule has 2 aliphatic rings. The maximum Gasteiger partial charge on any atom is 0.0566 e. The predicted molar refractivity (Wildman–Crippen MR) is 51.8 cm³/mol. The number of aliphatic imine (C=N–C) groups is 1. The molecule has 2 nitrogen and oxygen atoms in total. The lowest BCUT2D eigenvalue weighted by Gasteiger charge is -2.38.